The second-order valence-corrected chi connectivity index (χ2v) is 14.5. The van der Waals surface area contributed by atoms with Crippen molar-refractivity contribution in [3.63, 3.8) is 0 Å². The maximum atomic E-state index is 14.7. The molecule has 3 aliphatic heterocycles. The van der Waals surface area contributed by atoms with Crippen molar-refractivity contribution in [1.82, 2.24) is 14.5 Å². The number of carbonyl (C=O) groups excluding carboxylic acids is 3. The summed E-state index contributed by atoms with van der Waals surface area (Å²) in [4.78, 5) is 54.7. The van der Waals surface area contributed by atoms with E-state index in [0.717, 1.165) is 55.1 Å². The summed E-state index contributed by atoms with van der Waals surface area (Å²) >= 11 is 1.33. The molecule has 8 rings (SSSR count). The van der Waals surface area contributed by atoms with E-state index >= 15 is 0 Å². The molecule has 1 spiro atoms. The largest absolute Gasteiger partial charge is 0.381 e. The molecule has 50 heavy (non-hydrogen) atoms. The molecule has 2 fully saturated rings. The van der Waals surface area contributed by atoms with E-state index in [0.29, 0.717) is 57.6 Å². The maximum absolute atomic E-state index is 14.7. The molecule has 1 N–H and O–H groups in total. The summed E-state index contributed by atoms with van der Waals surface area (Å²) in [6.07, 6.45) is 7.61. The van der Waals surface area contributed by atoms with Gasteiger partial charge in [-0.05, 0) is 91.9 Å². The number of pyridine rings is 1. The van der Waals surface area contributed by atoms with Gasteiger partial charge in [0.25, 0.3) is 11.8 Å². The van der Waals surface area contributed by atoms with Crippen LogP contribution in [0.25, 0.3) is 10.4 Å². The summed E-state index contributed by atoms with van der Waals surface area (Å²) in [5.74, 6) is -0.196. The van der Waals surface area contributed by atoms with Gasteiger partial charge in [0.1, 0.15) is 11.6 Å². The van der Waals surface area contributed by atoms with Gasteiger partial charge in [0, 0.05) is 85.6 Å². The number of amides is 2. The van der Waals surface area contributed by atoms with Crippen molar-refractivity contribution in [2.45, 2.75) is 26.2 Å². The van der Waals surface area contributed by atoms with Crippen molar-refractivity contribution < 1.29 is 23.5 Å². The number of hydrogen-bond donors (Lipinski definition) is 1. The molecule has 2 aromatic carbocycles. The lowest BCUT2D eigenvalue weighted by Gasteiger charge is -2.53. The number of ketones is 1. The number of nitrogens with zero attached hydrogens (tertiary/aromatic N) is 5. The molecule has 2 saturated heterocycles. The summed E-state index contributed by atoms with van der Waals surface area (Å²) in [7, 11) is 1.77. The number of thiophene rings is 1. The van der Waals surface area contributed by atoms with Gasteiger partial charge in [0.15, 0.2) is 5.82 Å². The number of imidazole rings is 1. The van der Waals surface area contributed by atoms with Crippen LogP contribution in [0.2, 0.25) is 0 Å². The van der Waals surface area contributed by atoms with Gasteiger partial charge in [-0.25, -0.2) is 14.4 Å². The molecule has 0 bridgehead atoms. The van der Waals surface area contributed by atoms with Gasteiger partial charge in [-0.15, -0.1) is 11.3 Å². The third kappa shape index (κ3) is 5.77. The zero-order valence-corrected chi connectivity index (χ0v) is 28.6. The first-order valence-electron chi connectivity index (χ1n) is 16.7. The number of fused-ring (bicyclic) bond motifs is 3. The Hall–Kier alpha value is -5.20. The third-order valence-electron chi connectivity index (χ3n) is 9.95. The zero-order valence-electron chi connectivity index (χ0n) is 27.7. The van der Waals surface area contributed by atoms with Crippen LogP contribution in [-0.2, 0) is 18.2 Å². The van der Waals surface area contributed by atoms with Crippen LogP contribution in [0.4, 0.5) is 21.6 Å². The van der Waals surface area contributed by atoms with Crippen LogP contribution >= 0.6 is 11.3 Å². The molecule has 3 aliphatic rings. The molecule has 3 aromatic heterocycles. The first-order valence-corrected chi connectivity index (χ1v) is 17.5. The van der Waals surface area contributed by atoms with Crippen LogP contribution in [-0.4, -0.2) is 65.0 Å². The highest BCUT2D eigenvalue weighted by molar-refractivity contribution is 7.17. The number of carbonyl (C=O) groups is 3. The molecule has 5 aromatic rings. The minimum absolute atomic E-state index is 0.182. The predicted molar refractivity (Wildman–Crippen MR) is 190 cm³/mol. The number of aryl methyl sites for hydroxylation is 2. The number of hydrogen-bond acceptors (Lipinski definition) is 8. The van der Waals surface area contributed by atoms with Crippen LogP contribution in [0.15, 0.2) is 73.2 Å². The smallest absolute Gasteiger partial charge is 0.259 e. The van der Waals surface area contributed by atoms with Crippen LogP contribution < -0.4 is 15.1 Å². The fourth-order valence-electron chi connectivity index (χ4n) is 7.20. The summed E-state index contributed by atoms with van der Waals surface area (Å²) < 4.78 is 21.9. The zero-order chi connectivity index (χ0) is 34.6. The number of rotatable bonds is 6. The molecule has 6 heterocycles. The Bertz CT molecular complexity index is 2140. The van der Waals surface area contributed by atoms with Crippen LogP contribution in [0.3, 0.4) is 0 Å². The molecule has 254 valence electrons. The molecule has 10 nitrogen and oxygen atoms in total. The van der Waals surface area contributed by atoms with Crippen molar-refractivity contribution in [3.05, 3.63) is 112 Å². The number of aromatic nitrogens is 3. The van der Waals surface area contributed by atoms with Gasteiger partial charge in [0.05, 0.1) is 16.1 Å². The number of ether oxygens (including phenoxy) is 1. The van der Waals surface area contributed by atoms with Crippen LogP contribution in [0.1, 0.15) is 60.2 Å². The quantitative estimate of drug-likeness (QED) is 0.209. The van der Waals surface area contributed by atoms with Gasteiger partial charge in [-0.1, -0.05) is 0 Å². The van der Waals surface area contributed by atoms with Crippen molar-refractivity contribution in [3.8, 4) is 10.4 Å². The van der Waals surface area contributed by atoms with E-state index in [1.54, 1.807) is 65.4 Å². The molecule has 0 aliphatic carbocycles. The van der Waals surface area contributed by atoms with E-state index in [4.69, 9.17) is 4.74 Å². The summed E-state index contributed by atoms with van der Waals surface area (Å²) in [5.41, 5.74) is 4.61. The van der Waals surface area contributed by atoms with Crippen LogP contribution in [0.5, 0.6) is 0 Å². The molecule has 0 radical (unpaired) electrons. The van der Waals surface area contributed by atoms with E-state index in [2.05, 4.69) is 20.2 Å². The number of halogens is 1. The molecular formula is C38H35FN6O4S. The number of anilines is 3. The molecule has 0 saturated carbocycles. The standard InChI is InChI=1S/C38H35FN6O4S/c1-23-17-29(34(41-20-23)44-21-38(22-44)10-15-49-16-11-38)36(47)42-27-6-3-24(4-7-27)37(48)45-13-9-25-18-31(32(46)35-40-12-14-43(35)2)50-33(25)28-8-5-26(39)19-30(28)45/h3-8,12,14,17-20H,9-11,13,15-16,21-22H2,1-2H3,(H,42,47). The highest BCUT2D eigenvalue weighted by atomic mass is 32.1. The lowest BCUT2D eigenvalue weighted by Crippen LogP contribution is -2.59. The van der Waals surface area contributed by atoms with Crippen molar-refractivity contribution in [2.75, 3.05) is 48.0 Å². The van der Waals surface area contributed by atoms with Crippen molar-refractivity contribution in [2.24, 2.45) is 12.5 Å². The van der Waals surface area contributed by atoms with E-state index in [9.17, 15) is 18.8 Å². The van der Waals surface area contributed by atoms with Gasteiger partial charge >= 0.3 is 0 Å². The van der Waals surface area contributed by atoms with Crippen molar-refractivity contribution in [1.29, 1.82) is 0 Å². The second-order valence-electron chi connectivity index (χ2n) is 13.4. The Balaban J connectivity index is 1.00. The Morgan fingerprint density at radius 3 is 2.52 bits per heavy atom. The average molecular weight is 691 g/mol. The Morgan fingerprint density at radius 1 is 1.00 bits per heavy atom. The van der Waals surface area contributed by atoms with Gasteiger partial charge in [-0.2, -0.15) is 0 Å². The topological polar surface area (TPSA) is 110 Å². The minimum Gasteiger partial charge on any atom is -0.381 e. The third-order valence-corrected chi connectivity index (χ3v) is 11.2. The average Bonchev–Trinajstić information content (AvgIpc) is 3.70. The van der Waals surface area contributed by atoms with Crippen LogP contribution in [0, 0.1) is 18.2 Å². The molecule has 12 heteroatoms. The molecular weight excluding hydrogens is 656 g/mol. The fourth-order valence-corrected chi connectivity index (χ4v) is 8.38. The van der Waals surface area contributed by atoms with E-state index in [1.165, 1.54) is 23.5 Å². The van der Waals surface area contributed by atoms with Crippen molar-refractivity contribution >= 4 is 46.1 Å². The minimum atomic E-state index is -0.463. The first-order chi connectivity index (χ1) is 24.2. The normalized spacial score (nSPS) is 16.3. The SMILES string of the molecule is Cc1cnc(N2CC3(CCOCC3)C2)c(C(=O)Nc2ccc(C(=O)N3CCc4cc(C(=O)c5nccn5C)sc4-c4ccc(F)cc43)cc2)c1. The predicted octanol–water partition coefficient (Wildman–Crippen LogP) is 6.29. The lowest BCUT2D eigenvalue weighted by molar-refractivity contribution is -0.000511. The Morgan fingerprint density at radius 2 is 1.78 bits per heavy atom. The molecule has 0 unspecified atom stereocenters. The number of nitrogens with one attached hydrogen (secondary N) is 1. The Labute approximate surface area is 292 Å². The fraction of sp³-hybridized carbons (Fsp3) is 0.289. The molecule has 2 amide bonds. The van der Waals surface area contributed by atoms with Gasteiger partial charge in [-0.3, -0.25) is 14.4 Å². The Kier molecular flexibility index (Phi) is 8.07. The summed E-state index contributed by atoms with van der Waals surface area (Å²) in [5, 5.41) is 2.98. The highest BCUT2D eigenvalue weighted by Crippen LogP contribution is 2.44. The van der Waals surface area contributed by atoms with E-state index < -0.39 is 5.82 Å². The van der Waals surface area contributed by atoms with Gasteiger partial charge < -0.3 is 24.4 Å². The van der Waals surface area contributed by atoms with Gasteiger partial charge in [0.2, 0.25) is 5.78 Å². The molecule has 0 atom stereocenters. The maximum Gasteiger partial charge on any atom is 0.259 e. The first kappa shape index (κ1) is 32.0. The summed E-state index contributed by atoms with van der Waals surface area (Å²) in [6.45, 7) is 5.45. The van der Waals surface area contributed by atoms with E-state index in [-0.39, 0.29) is 23.0 Å². The monoisotopic (exact) mass is 690 g/mol. The number of benzene rings is 2. The second kappa shape index (κ2) is 12.6. The lowest BCUT2D eigenvalue weighted by atomic mass is 9.73. The van der Waals surface area contributed by atoms with E-state index in [1.807, 2.05) is 19.1 Å². The highest BCUT2D eigenvalue weighted by Gasteiger charge is 2.45. The summed E-state index contributed by atoms with van der Waals surface area (Å²) in [6, 6.07) is 14.9.